The maximum Gasteiger partial charge on any atom is 0.231 e. The number of benzene rings is 1. The molecule has 5 nitrogen and oxygen atoms in total. The molecule has 2 unspecified atom stereocenters. The second kappa shape index (κ2) is 5.60. The molecule has 0 amide bonds. The fourth-order valence-electron chi connectivity index (χ4n) is 2.93. The fraction of sp³-hybridized carbons (Fsp3) is 0.600. The van der Waals surface area contributed by atoms with E-state index >= 15 is 0 Å². The van der Waals surface area contributed by atoms with Gasteiger partial charge in [-0.3, -0.25) is 4.90 Å². The van der Waals surface area contributed by atoms with Crippen LogP contribution < -0.4 is 15.2 Å². The van der Waals surface area contributed by atoms with E-state index in [1.54, 1.807) is 0 Å². The largest absolute Gasteiger partial charge is 0.454 e. The van der Waals surface area contributed by atoms with Crippen LogP contribution in [0.1, 0.15) is 18.0 Å². The van der Waals surface area contributed by atoms with Crippen molar-refractivity contribution in [3.05, 3.63) is 23.8 Å². The van der Waals surface area contributed by atoms with Crippen LogP contribution in [0.25, 0.3) is 0 Å². The molecule has 2 N–H and O–H groups in total. The molecule has 0 aromatic heterocycles. The normalized spacial score (nSPS) is 23.5. The number of nitrogens with two attached hydrogens (primary N) is 1. The average Bonchev–Trinajstić information content (AvgIpc) is 3.05. The Kier molecular flexibility index (Phi) is 3.83. The third kappa shape index (κ3) is 2.75. The van der Waals surface area contributed by atoms with Crippen LogP contribution in [0, 0.1) is 0 Å². The number of likely N-dealkylation sites (N-methyl/N-ethyl adjacent to an activating group) is 1. The quantitative estimate of drug-likeness (QED) is 0.891. The van der Waals surface area contributed by atoms with Crippen LogP contribution in [0.5, 0.6) is 11.5 Å². The van der Waals surface area contributed by atoms with Crippen LogP contribution in [0.3, 0.4) is 0 Å². The van der Waals surface area contributed by atoms with Crippen molar-refractivity contribution in [1.29, 1.82) is 0 Å². The molecule has 3 rings (SSSR count). The maximum absolute atomic E-state index is 6.34. The van der Waals surface area contributed by atoms with Crippen molar-refractivity contribution < 1.29 is 9.47 Å². The number of ether oxygens (including phenoxy) is 2. The number of rotatable bonds is 4. The first kappa shape index (κ1) is 13.7. The third-order valence-corrected chi connectivity index (χ3v) is 4.26. The van der Waals surface area contributed by atoms with E-state index in [1.807, 2.05) is 18.2 Å². The Morgan fingerprint density at radius 1 is 1.35 bits per heavy atom. The predicted octanol–water partition coefficient (Wildman–Crippen LogP) is 1.05. The summed E-state index contributed by atoms with van der Waals surface area (Å²) in [5, 5.41) is 0. The zero-order valence-electron chi connectivity index (χ0n) is 12.2. The SMILES string of the molecule is CN(C)C1CCN(CC(N)c2ccc3c(c2)OCO3)C1. The molecule has 0 spiro atoms. The van der Waals surface area contributed by atoms with E-state index in [0.717, 1.165) is 36.7 Å². The molecule has 2 aliphatic heterocycles. The average molecular weight is 277 g/mol. The van der Waals surface area contributed by atoms with Gasteiger partial charge in [-0.15, -0.1) is 0 Å². The van der Waals surface area contributed by atoms with Gasteiger partial charge in [0.1, 0.15) is 0 Å². The van der Waals surface area contributed by atoms with Crippen molar-refractivity contribution in [3.63, 3.8) is 0 Å². The van der Waals surface area contributed by atoms with Gasteiger partial charge < -0.3 is 20.1 Å². The van der Waals surface area contributed by atoms with E-state index in [1.165, 1.54) is 6.42 Å². The third-order valence-electron chi connectivity index (χ3n) is 4.26. The van der Waals surface area contributed by atoms with Crippen LogP contribution in [0.2, 0.25) is 0 Å². The summed E-state index contributed by atoms with van der Waals surface area (Å²) in [4.78, 5) is 4.74. The van der Waals surface area contributed by atoms with E-state index < -0.39 is 0 Å². The number of fused-ring (bicyclic) bond motifs is 1. The van der Waals surface area contributed by atoms with Crippen LogP contribution in [0.15, 0.2) is 18.2 Å². The van der Waals surface area contributed by atoms with Gasteiger partial charge in [-0.05, 0) is 44.8 Å². The van der Waals surface area contributed by atoms with Gasteiger partial charge in [0.05, 0.1) is 0 Å². The van der Waals surface area contributed by atoms with Gasteiger partial charge in [0.15, 0.2) is 11.5 Å². The van der Waals surface area contributed by atoms with Crippen molar-refractivity contribution in [2.75, 3.05) is 40.5 Å². The Bertz CT molecular complexity index is 478. The molecule has 0 bridgehead atoms. The summed E-state index contributed by atoms with van der Waals surface area (Å²) in [5.41, 5.74) is 7.45. The minimum atomic E-state index is 0.0189. The molecular formula is C15H23N3O2. The van der Waals surface area contributed by atoms with E-state index in [0.29, 0.717) is 12.8 Å². The number of nitrogens with zero attached hydrogens (tertiary/aromatic N) is 2. The highest BCUT2D eigenvalue weighted by Crippen LogP contribution is 2.34. The summed E-state index contributed by atoms with van der Waals surface area (Å²) < 4.78 is 10.7. The van der Waals surface area contributed by atoms with Crippen LogP contribution in [-0.4, -0.2) is 56.4 Å². The van der Waals surface area contributed by atoms with Crippen LogP contribution in [0.4, 0.5) is 0 Å². The molecule has 1 aromatic rings. The zero-order chi connectivity index (χ0) is 14.1. The minimum absolute atomic E-state index is 0.0189. The molecule has 0 saturated carbocycles. The highest BCUT2D eigenvalue weighted by atomic mass is 16.7. The van der Waals surface area contributed by atoms with Gasteiger partial charge >= 0.3 is 0 Å². The smallest absolute Gasteiger partial charge is 0.231 e. The standard InChI is InChI=1S/C15H23N3O2/c1-17(2)12-5-6-18(8-12)9-13(16)11-3-4-14-15(7-11)20-10-19-14/h3-4,7,12-13H,5-6,8-10,16H2,1-2H3. The number of hydrogen-bond acceptors (Lipinski definition) is 5. The highest BCUT2D eigenvalue weighted by Gasteiger charge is 2.25. The lowest BCUT2D eigenvalue weighted by molar-refractivity contribution is 0.174. The molecule has 2 atom stereocenters. The van der Waals surface area contributed by atoms with Crippen LogP contribution in [-0.2, 0) is 0 Å². The summed E-state index contributed by atoms with van der Waals surface area (Å²) in [6.07, 6.45) is 1.22. The molecule has 1 saturated heterocycles. The summed E-state index contributed by atoms with van der Waals surface area (Å²) in [6, 6.07) is 6.67. The Balaban J connectivity index is 1.61. The fourth-order valence-corrected chi connectivity index (χ4v) is 2.93. The Hall–Kier alpha value is -1.30. The maximum atomic E-state index is 6.34. The van der Waals surface area contributed by atoms with Crippen molar-refractivity contribution >= 4 is 0 Å². The lowest BCUT2D eigenvalue weighted by Gasteiger charge is -2.23. The molecule has 0 radical (unpaired) electrons. The van der Waals surface area contributed by atoms with Gasteiger partial charge in [0.2, 0.25) is 6.79 Å². The summed E-state index contributed by atoms with van der Waals surface area (Å²) in [7, 11) is 4.29. The van der Waals surface area contributed by atoms with Gasteiger partial charge in [0.25, 0.3) is 0 Å². The van der Waals surface area contributed by atoms with Crippen molar-refractivity contribution in [3.8, 4) is 11.5 Å². The summed E-state index contributed by atoms with van der Waals surface area (Å²) >= 11 is 0. The zero-order valence-corrected chi connectivity index (χ0v) is 12.2. The molecule has 2 heterocycles. The van der Waals surface area contributed by atoms with Crippen molar-refractivity contribution in [2.45, 2.75) is 18.5 Å². The molecule has 5 heteroatoms. The van der Waals surface area contributed by atoms with Crippen molar-refractivity contribution in [2.24, 2.45) is 5.73 Å². The van der Waals surface area contributed by atoms with Gasteiger partial charge in [-0.1, -0.05) is 6.07 Å². The topological polar surface area (TPSA) is 51.0 Å². The molecule has 0 aliphatic carbocycles. The second-order valence-corrected chi connectivity index (χ2v) is 5.88. The highest BCUT2D eigenvalue weighted by molar-refractivity contribution is 5.45. The van der Waals surface area contributed by atoms with Crippen LogP contribution >= 0.6 is 0 Å². The molecule has 110 valence electrons. The predicted molar refractivity (Wildman–Crippen MR) is 78.0 cm³/mol. The molecular weight excluding hydrogens is 254 g/mol. The summed E-state index contributed by atoms with van der Waals surface area (Å²) in [5.74, 6) is 1.63. The molecule has 2 aliphatic rings. The van der Waals surface area contributed by atoms with E-state index in [9.17, 15) is 0 Å². The lowest BCUT2D eigenvalue weighted by atomic mass is 10.1. The first-order chi connectivity index (χ1) is 9.63. The first-order valence-corrected chi connectivity index (χ1v) is 7.17. The molecule has 20 heavy (non-hydrogen) atoms. The second-order valence-electron chi connectivity index (χ2n) is 5.88. The monoisotopic (exact) mass is 277 g/mol. The lowest BCUT2D eigenvalue weighted by Crippen LogP contribution is -2.34. The minimum Gasteiger partial charge on any atom is -0.454 e. The van der Waals surface area contributed by atoms with Gasteiger partial charge in [0, 0.05) is 25.2 Å². The molecule has 1 aromatic carbocycles. The first-order valence-electron chi connectivity index (χ1n) is 7.17. The van der Waals surface area contributed by atoms with Gasteiger partial charge in [-0.25, -0.2) is 0 Å². The summed E-state index contributed by atoms with van der Waals surface area (Å²) in [6.45, 7) is 3.43. The van der Waals surface area contributed by atoms with E-state index in [2.05, 4.69) is 23.9 Å². The number of hydrogen-bond donors (Lipinski definition) is 1. The number of likely N-dealkylation sites (tertiary alicyclic amines) is 1. The Morgan fingerprint density at radius 3 is 2.90 bits per heavy atom. The van der Waals surface area contributed by atoms with E-state index in [-0.39, 0.29) is 6.04 Å². The van der Waals surface area contributed by atoms with Gasteiger partial charge in [-0.2, -0.15) is 0 Å². The Labute approximate surface area is 120 Å². The Morgan fingerprint density at radius 2 is 2.15 bits per heavy atom. The molecule has 1 fully saturated rings. The van der Waals surface area contributed by atoms with Crippen molar-refractivity contribution in [1.82, 2.24) is 9.80 Å². The van der Waals surface area contributed by atoms with E-state index in [4.69, 9.17) is 15.2 Å².